The third-order valence-corrected chi connectivity index (χ3v) is 4.53. The number of nitrogens with zero attached hydrogens (tertiary/aromatic N) is 4. The highest BCUT2D eigenvalue weighted by Gasteiger charge is 2.12. The van der Waals surface area contributed by atoms with Gasteiger partial charge in [0.25, 0.3) is 0 Å². The number of benzene rings is 2. The first kappa shape index (κ1) is 13.7. The fraction of sp³-hybridized carbons (Fsp3) is 0. The van der Waals surface area contributed by atoms with E-state index in [2.05, 4.69) is 43.0 Å². The Kier molecular flexibility index (Phi) is 3.61. The van der Waals surface area contributed by atoms with E-state index in [1.54, 1.807) is 24.2 Å². The van der Waals surface area contributed by atoms with Crippen molar-refractivity contribution in [2.75, 3.05) is 0 Å². The van der Waals surface area contributed by atoms with Crippen molar-refractivity contribution in [1.29, 1.82) is 0 Å². The topological polar surface area (TPSA) is 83.1 Å². The van der Waals surface area contributed by atoms with E-state index in [4.69, 9.17) is 0 Å². The Hall–Kier alpha value is -2.93. The van der Waals surface area contributed by atoms with Crippen LogP contribution < -0.4 is 0 Å². The molecule has 0 bridgehead atoms. The van der Waals surface area contributed by atoms with Crippen LogP contribution in [0.15, 0.2) is 70.7 Å². The van der Waals surface area contributed by atoms with E-state index in [0.717, 1.165) is 32.3 Å². The van der Waals surface area contributed by atoms with Crippen molar-refractivity contribution < 1.29 is 0 Å². The summed E-state index contributed by atoms with van der Waals surface area (Å²) in [7, 11) is 0. The largest absolute Gasteiger partial charge is 0.197 e. The summed E-state index contributed by atoms with van der Waals surface area (Å²) in [4.78, 5) is 2.22. The summed E-state index contributed by atoms with van der Waals surface area (Å²) < 4.78 is 0. The Labute approximate surface area is 136 Å². The predicted molar refractivity (Wildman–Crippen MR) is 87.8 cm³/mol. The van der Waals surface area contributed by atoms with Crippen LogP contribution in [0.5, 0.6) is 0 Å². The van der Waals surface area contributed by atoms with Gasteiger partial charge in [0, 0.05) is 20.9 Å². The van der Waals surface area contributed by atoms with Crippen LogP contribution in [0.25, 0.3) is 22.5 Å². The zero-order chi connectivity index (χ0) is 15.5. The van der Waals surface area contributed by atoms with Crippen LogP contribution in [-0.2, 0) is 0 Å². The smallest absolute Gasteiger partial charge is 0.113 e. The van der Waals surface area contributed by atoms with Gasteiger partial charge >= 0.3 is 0 Å². The SMILES string of the molecule is c1ccc(-c2cn[nH]n2)c(Sc2ccccc2-c2cn[nH]n2)c1. The molecule has 0 amide bonds. The Morgan fingerprint density at radius 2 is 1.13 bits per heavy atom. The van der Waals surface area contributed by atoms with Gasteiger partial charge in [-0.05, 0) is 12.1 Å². The number of hydrogen-bond donors (Lipinski definition) is 2. The second-order valence-corrected chi connectivity index (χ2v) is 5.89. The molecule has 0 aliphatic carbocycles. The predicted octanol–water partition coefficient (Wildman–Crippen LogP) is 3.41. The second-order valence-electron chi connectivity index (χ2n) is 4.80. The van der Waals surface area contributed by atoms with Gasteiger partial charge in [0.2, 0.25) is 0 Å². The molecule has 0 radical (unpaired) electrons. The Bertz CT molecular complexity index is 826. The summed E-state index contributed by atoms with van der Waals surface area (Å²) in [5, 5.41) is 21.5. The minimum absolute atomic E-state index is 0.826. The number of nitrogens with one attached hydrogen (secondary N) is 2. The van der Waals surface area contributed by atoms with Crippen LogP contribution in [0.1, 0.15) is 0 Å². The highest BCUT2D eigenvalue weighted by molar-refractivity contribution is 7.99. The van der Waals surface area contributed by atoms with Gasteiger partial charge in [-0.3, -0.25) is 0 Å². The lowest BCUT2D eigenvalue weighted by Gasteiger charge is -2.09. The number of aromatic nitrogens is 6. The monoisotopic (exact) mass is 320 g/mol. The molecule has 0 fully saturated rings. The zero-order valence-electron chi connectivity index (χ0n) is 12.0. The van der Waals surface area contributed by atoms with Gasteiger partial charge in [-0.15, -0.1) is 0 Å². The van der Waals surface area contributed by atoms with Gasteiger partial charge < -0.3 is 0 Å². The second kappa shape index (κ2) is 6.05. The molecular formula is C16H12N6S. The van der Waals surface area contributed by atoms with Gasteiger partial charge in [-0.25, -0.2) is 0 Å². The fourth-order valence-corrected chi connectivity index (χ4v) is 3.41. The molecule has 2 aromatic carbocycles. The van der Waals surface area contributed by atoms with Crippen molar-refractivity contribution in [3.8, 4) is 22.5 Å². The molecule has 0 unspecified atom stereocenters. The number of H-pyrrole nitrogens is 2. The number of rotatable bonds is 4. The maximum absolute atomic E-state index is 4.18. The van der Waals surface area contributed by atoms with E-state index in [9.17, 15) is 0 Å². The molecular weight excluding hydrogens is 308 g/mol. The summed E-state index contributed by atoms with van der Waals surface area (Å²) in [5.74, 6) is 0. The normalized spacial score (nSPS) is 10.8. The third kappa shape index (κ3) is 2.74. The minimum Gasteiger partial charge on any atom is -0.197 e. The van der Waals surface area contributed by atoms with Crippen LogP contribution in [0, 0.1) is 0 Å². The number of hydrogen-bond acceptors (Lipinski definition) is 5. The van der Waals surface area contributed by atoms with Crippen LogP contribution in [0.3, 0.4) is 0 Å². The molecule has 4 rings (SSSR count). The van der Waals surface area contributed by atoms with Crippen molar-refractivity contribution in [2.24, 2.45) is 0 Å². The molecule has 7 heteroatoms. The average molecular weight is 320 g/mol. The average Bonchev–Trinajstić information content (AvgIpc) is 3.30. The highest BCUT2D eigenvalue weighted by atomic mass is 32.2. The summed E-state index contributed by atoms with van der Waals surface area (Å²) in [6.07, 6.45) is 3.45. The molecule has 4 aromatic rings. The van der Waals surface area contributed by atoms with Crippen LogP contribution in [0.2, 0.25) is 0 Å². The Balaban J connectivity index is 1.76. The summed E-state index contributed by atoms with van der Waals surface area (Å²) >= 11 is 1.67. The lowest BCUT2D eigenvalue weighted by atomic mass is 10.2. The van der Waals surface area contributed by atoms with E-state index in [-0.39, 0.29) is 0 Å². The lowest BCUT2D eigenvalue weighted by Crippen LogP contribution is -1.86. The Morgan fingerprint density at radius 1 is 0.652 bits per heavy atom. The van der Waals surface area contributed by atoms with Gasteiger partial charge in [0.1, 0.15) is 11.4 Å². The first-order chi connectivity index (χ1) is 11.4. The van der Waals surface area contributed by atoms with Crippen molar-refractivity contribution in [1.82, 2.24) is 30.8 Å². The third-order valence-electron chi connectivity index (χ3n) is 3.38. The summed E-state index contributed by atoms with van der Waals surface area (Å²) in [5.41, 5.74) is 3.74. The molecule has 0 saturated heterocycles. The highest BCUT2D eigenvalue weighted by Crippen LogP contribution is 2.39. The minimum atomic E-state index is 0.826. The molecule has 2 aromatic heterocycles. The molecule has 6 nitrogen and oxygen atoms in total. The van der Waals surface area contributed by atoms with E-state index in [0.29, 0.717) is 0 Å². The van der Waals surface area contributed by atoms with Gasteiger partial charge in [0.15, 0.2) is 0 Å². The van der Waals surface area contributed by atoms with Gasteiger partial charge in [-0.2, -0.15) is 30.8 Å². The summed E-state index contributed by atoms with van der Waals surface area (Å²) in [6.45, 7) is 0. The first-order valence-electron chi connectivity index (χ1n) is 7.00. The van der Waals surface area contributed by atoms with Crippen LogP contribution >= 0.6 is 11.8 Å². The van der Waals surface area contributed by atoms with Crippen LogP contribution in [0.4, 0.5) is 0 Å². The first-order valence-corrected chi connectivity index (χ1v) is 7.81. The number of aromatic amines is 2. The fourth-order valence-electron chi connectivity index (χ4n) is 2.32. The quantitative estimate of drug-likeness (QED) is 0.602. The maximum atomic E-state index is 4.18. The Morgan fingerprint density at radius 3 is 1.57 bits per heavy atom. The standard InChI is InChI=1S/C16H12N6S/c1-3-7-15(11(5-1)13-9-17-21-19-13)23-16-8-4-2-6-12(16)14-10-18-22-20-14/h1-10H,(H,17,19,21)(H,18,20,22). The molecule has 112 valence electrons. The van der Waals surface area contributed by atoms with Crippen molar-refractivity contribution in [3.05, 3.63) is 60.9 Å². The van der Waals surface area contributed by atoms with Gasteiger partial charge in [-0.1, -0.05) is 48.2 Å². The summed E-state index contributed by atoms with van der Waals surface area (Å²) in [6, 6.07) is 16.3. The van der Waals surface area contributed by atoms with E-state index in [1.165, 1.54) is 0 Å². The molecule has 2 N–H and O–H groups in total. The molecule has 23 heavy (non-hydrogen) atoms. The maximum Gasteiger partial charge on any atom is 0.113 e. The van der Waals surface area contributed by atoms with Gasteiger partial charge in [0.05, 0.1) is 12.4 Å². The van der Waals surface area contributed by atoms with E-state index in [1.807, 2.05) is 36.4 Å². The van der Waals surface area contributed by atoms with Crippen molar-refractivity contribution >= 4 is 11.8 Å². The van der Waals surface area contributed by atoms with Crippen molar-refractivity contribution in [3.63, 3.8) is 0 Å². The molecule has 0 saturated carbocycles. The van der Waals surface area contributed by atoms with E-state index >= 15 is 0 Å². The molecule has 0 atom stereocenters. The zero-order valence-corrected chi connectivity index (χ0v) is 12.8. The van der Waals surface area contributed by atoms with Crippen molar-refractivity contribution in [2.45, 2.75) is 9.79 Å². The van der Waals surface area contributed by atoms with Crippen LogP contribution in [-0.4, -0.2) is 30.8 Å². The molecule has 0 spiro atoms. The molecule has 2 heterocycles. The van der Waals surface area contributed by atoms with E-state index < -0.39 is 0 Å². The molecule has 0 aliphatic rings. The lowest BCUT2D eigenvalue weighted by molar-refractivity contribution is 0.941. The molecule has 0 aliphatic heterocycles.